The van der Waals surface area contributed by atoms with Crippen LogP contribution in [0.2, 0.25) is 0 Å². The first-order valence-electron chi connectivity index (χ1n) is 14.3. The van der Waals surface area contributed by atoms with Crippen LogP contribution < -0.4 is 9.47 Å². The van der Waals surface area contributed by atoms with Gasteiger partial charge < -0.3 is 9.47 Å². The quantitative estimate of drug-likeness (QED) is 0.137. The molecule has 2 aromatic rings. The average Bonchev–Trinajstić information content (AvgIpc) is 2.91. The third-order valence-electron chi connectivity index (χ3n) is 7.59. The second-order valence-corrected chi connectivity index (χ2v) is 10.4. The van der Waals surface area contributed by atoms with Crippen LogP contribution in [0.3, 0.4) is 0 Å². The summed E-state index contributed by atoms with van der Waals surface area (Å²) in [6, 6.07) is 12.3. The van der Waals surface area contributed by atoms with Gasteiger partial charge in [-0.05, 0) is 61.1 Å². The highest BCUT2D eigenvalue weighted by atomic mass is 19.1. The van der Waals surface area contributed by atoms with E-state index in [0.29, 0.717) is 12.2 Å². The van der Waals surface area contributed by atoms with Gasteiger partial charge in [-0.1, -0.05) is 84.0 Å². The van der Waals surface area contributed by atoms with Crippen molar-refractivity contribution in [1.82, 2.24) is 0 Å². The minimum atomic E-state index is -0.714. The van der Waals surface area contributed by atoms with Gasteiger partial charge in [0.15, 0.2) is 0 Å². The van der Waals surface area contributed by atoms with Crippen molar-refractivity contribution in [3.63, 3.8) is 0 Å². The van der Waals surface area contributed by atoms with Crippen molar-refractivity contribution in [3.8, 4) is 17.6 Å². The van der Waals surface area contributed by atoms with E-state index in [1.807, 2.05) is 0 Å². The second kappa shape index (κ2) is 16.1. The van der Waals surface area contributed by atoms with E-state index in [1.165, 1.54) is 95.6 Å². The molecule has 37 heavy (non-hydrogen) atoms. The van der Waals surface area contributed by atoms with Gasteiger partial charge in [-0.2, -0.15) is 5.26 Å². The maximum absolute atomic E-state index is 13.7. The summed E-state index contributed by atoms with van der Waals surface area (Å²) in [4.78, 5) is 12.4. The molecule has 5 heteroatoms. The number of nitriles is 1. The smallest absolute Gasteiger partial charge is 0.343 e. The highest BCUT2D eigenvalue weighted by Gasteiger charge is 2.24. The molecule has 2 atom stereocenters. The van der Waals surface area contributed by atoms with Crippen LogP contribution >= 0.6 is 0 Å². The summed E-state index contributed by atoms with van der Waals surface area (Å²) in [5, 5.41) is 8.81. The van der Waals surface area contributed by atoms with E-state index in [2.05, 4.69) is 6.92 Å². The van der Waals surface area contributed by atoms with Crippen molar-refractivity contribution in [3.05, 3.63) is 59.4 Å². The van der Waals surface area contributed by atoms with Crippen molar-refractivity contribution in [2.24, 2.45) is 11.8 Å². The van der Waals surface area contributed by atoms with Crippen LogP contribution in [-0.4, -0.2) is 12.6 Å². The summed E-state index contributed by atoms with van der Waals surface area (Å²) in [7, 11) is 0. The van der Waals surface area contributed by atoms with Crippen molar-refractivity contribution < 1.29 is 18.7 Å². The number of esters is 1. The number of unbranched alkanes of at least 4 members (excludes halogenated alkanes) is 6. The van der Waals surface area contributed by atoms with Crippen LogP contribution in [0.5, 0.6) is 11.5 Å². The summed E-state index contributed by atoms with van der Waals surface area (Å²) in [6.45, 7) is 2.95. The molecular weight excluding hydrogens is 465 g/mol. The van der Waals surface area contributed by atoms with Gasteiger partial charge in [0.05, 0.1) is 17.7 Å². The molecule has 1 saturated carbocycles. The minimum Gasteiger partial charge on any atom is -0.494 e. The first-order valence-corrected chi connectivity index (χ1v) is 14.3. The Bertz CT molecular complexity index is 998. The van der Waals surface area contributed by atoms with Crippen molar-refractivity contribution in [1.29, 1.82) is 5.26 Å². The number of carbonyl (C=O) groups is 1. The number of hydrogen-bond donors (Lipinski definition) is 0. The third-order valence-corrected chi connectivity index (χ3v) is 7.59. The lowest BCUT2D eigenvalue weighted by Crippen LogP contribution is -2.20. The van der Waals surface area contributed by atoms with Gasteiger partial charge >= 0.3 is 5.97 Å². The van der Waals surface area contributed by atoms with Gasteiger partial charge in [-0.25, -0.2) is 9.18 Å². The SMILES string of the molecule is CCCCCCCCCC1CCCCC1CCCOc1ccc(C(=O)Oc2ccc(C#N)c(F)c2)cc1. The van der Waals surface area contributed by atoms with Gasteiger partial charge in [0.1, 0.15) is 23.4 Å². The van der Waals surface area contributed by atoms with Crippen LogP contribution in [0, 0.1) is 29.0 Å². The molecule has 4 nitrogen and oxygen atoms in total. The summed E-state index contributed by atoms with van der Waals surface area (Å²) in [5.41, 5.74) is 0.265. The van der Waals surface area contributed by atoms with Crippen LogP contribution in [0.25, 0.3) is 0 Å². The maximum Gasteiger partial charge on any atom is 0.343 e. The number of carbonyl (C=O) groups excluding carboxylic acids is 1. The Kier molecular flexibility index (Phi) is 12.5. The molecule has 0 bridgehead atoms. The molecule has 1 aliphatic carbocycles. The van der Waals surface area contributed by atoms with Gasteiger partial charge in [0, 0.05) is 6.07 Å². The molecule has 0 aromatic heterocycles. The fraction of sp³-hybridized carbons (Fsp3) is 0.562. The Morgan fingerprint density at radius 2 is 1.51 bits per heavy atom. The number of nitrogens with zero attached hydrogens (tertiary/aromatic N) is 1. The van der Waals surface area contributed by atoms with Crippen LogP contribution in [0.1, 0.15) is 113 Å². The van der Waals surface area contributed by atoms with E-state index in [4.69, 9.17) is 14.7 Å². The topological polar surface area (TPSA) is 59.3 Å². The zero-order valence-electron chi connectivity index (χ0n) is 22.4. The Balaban J connectivity index is 1.35. The highest BCUT2D eigenvalue weighted by molar-refractivity contribution is 5.91. The fourth-order valence-electron chi connectivity index (χ4n) is 5.45. The molecule has 2 aromatic carbocycles. The van der Waals surface area contributed by atoms with Crippen molar-refractivity contribution in [2.75, 3.05) is 6.61 Å². The molecule has 0 amide bonds. The summed E-state index contributed by atoms with van der Waals surface area (Å²) in [6.07, 6.45) is 18.9. The number of ether oxygens (including phenoxy) is 2. The minimum absolute atomic E-state index is 0.0646. The third kappa shape index (κ3) is 9.84. The largest absolute Gasteiger partial charge is 0.494 e. The van der Waals surface area contributed by atoms with Crippen molar-refractivity contribution >= 4 is 5.97 Å². The lowest BCUT2D eigenvalue weighted by atomic mass is 9.74. The molecule has 0 N–H and O–H groups in total. The van der Waals surface area contributed by atoms with Crippen LogP contribution in [0.4, 0.5) is 4.39 Å². The molecule has 2 unspecified atom stereocenters. The van der Waals surface area contributed by atoms with E-state index in [-0.39, 0.29) is 11.3 Å². The fourth-order valence-corrected chi connectivity index (χ4v) is 5.45. The molecule has 0 radical (unpaired) electrons. The number of rotatable bonds is 15. The first kappa shape index (κ1) is 28.7. The molecular formula is C32H42FNO3. The normalized spacial score (nSPS) is 17.2. The molecule has 200 valence electrons. The predicted octanol–water partition coefficient (Wildman–Crippen LogP) is 9.02. The Hall–Kier alpha value is -2.87. The zero-order valence-corrected chi connectivity index (χ0v) is 22.4. The van der Waals surface area contributed by atoms with E-state index < -0.39 is 11.8 Å². The predicted molar refractivity (Wildman–Crippen MR) is 145 cm³/mol. The number of halogens is 1. The summed E-state index contributed by atoms with van der Waals surface area (Å²) < 4.78 is 24.9. The lowest BCUT2D eigenvalue weighted by molar-refractivity contribution is 0.0734. The Morgan fingerprint density at radius 1 is 0.892 bits per heavy atom. The second-order valence-electron chi connectivity index (χ2n) is 10.4. The van der Waals surface area contributed by atoms with Crippen LogP contribution in [0.15, 0.2) is 42.5 Å². The summed E-state index contributed by atoms with van der Waals surface area (Å²) in [5.74, 6) is 1.22. The Morgan fingerprint density at radius 3 is 2.16 bits per heavy atom. The van der Waals surface area contributed by atoms with Crippen molar-refractivity contribution in [2.45, 2.75) is 96.8 Å². The zero-order chi connectivity index (χ0) is 26.3. The lowest BCUT2D eigenvalue weighted by Gasteiger charge is -2.32. The molecule has 1 fully saturated rings. The van der Waals surface area contributed by atoms with Gasteiger partial charge in [0.25, 0.3) is 0 Å². The molecule has 3 rings (SSSR count). The molecule has 1 aliphatic rings. The summed E-state index contributed by atoms with van der Waals surface area (Å²) >= 11 is 0. The number of benzene rings is 2. The van der Waals surface area contributed by atoms with Gasteiger partial charge in [0.2, 0.25) is 0 Å². The van der Waals surface area contributed by atoms with Gasteiger partial charge in [-0.3, -0.25) is 0 Å². The molecule has 0 spiro atoms. The first-order chi connectivity index (χ1) is 18.1. The molecule has 0 saturated heterocycles. The monoisotopic (exact) mass is 507 g/mol. The number of hydrogen-bond acceptors (Lipinski definition) is 4. The van der Waals surface area contributed by atoms with E-state index >= 15 is 0 Å². The van der Waals surface area contributed by atoms with E-state index in [0.717, 1.165) is 30.1 Å². The van der Waals surface area contributed by atoms with Crippen LogP contribution in [-0.2, 0) is 0 Å². The maximum atomic E-state index is 13.7. The molecule has 0 aliphatic heterocycles. The van der Waals surface area contributed by atoms with E-state index in [1.54, 1.807) is 30.3 Å². The standard InChI is InChI=1S/C32H42FNO3/c1-2-3-4-5-6-7-8-12-25-13-9-10-14-26(25)15-11-22-36-29-19-16-27(17-20-29)32(35)37-30-21-18-28(24-34)31(33)23-30/h16-21,23,25-26H,2-15,22H2,1H3. The van der Waals surface area contributed by atoms with E-state index in [9.17, 15) is 9.18 Å². The average molecular weight is 508 g/mol. The highest BCUT2D eigenvalue weighted by Crippen LogP contribution is 2.36. The van der Waals surface area contributed by atoms with Gasteiger partial charge in [-0.15, -0.1) is 0 Å². The Labute approximate surface area is 222 Å². The molecule has 0 heterocycles.